The Morgan fingerprint density at radius 2 is 2.30 bits per heavy atom. The molecule has 0 bridgehead atoms. The quantitative estimate of drug-likeness (QED) is 0.847. The summed E-state index contributed by atoms with van der Waals surface area (Å²) in [5, 5.41) is 0.634. The predicted octanol–water partition coefficient (Wildman–Crippen LogP) is 3.23. The highest BCUT2D eigenvalue weighted by molar-refractivity contribution is 7.80. The van der Waals surface area contributed by atoms with Crippen LogP contribution in [0, 0.1) is 0 Å². The van der Waals surface area contributed by atoms with Gasteiger partial charge in [0.1, 0.15) is 10.7 Å². The van der Waals surface area contributed by atoms with E-state index in [0.29, 0.717) is 28.4 Å². The van der Waals surface area contributed by atoms with Crippen LogP contribution < -0.4 is 10.5 Å². The van der Waals surface area contributed by atoms with Gasteiger partial charge in [-0.15, -0.1) is 0 Å². The summed E-state index contributed by atoms with van der Waals surface area (Å²) in [5.74, 6) is 0.684. The van der Waals surface area contributed by atoms with Gasteiger partial charge < -0.3 is 15.4 Å². The van der Waals surface area contributed by atoms with Crippen molar-refractivity contribution in [3.63, 3.8) is 0 Å². The number of hydrogen-bond acceptors (Lipinski definition) is 3. The summed E-state index contributed by atoms with van der Waals surface area (Å²) < 4.78 is 5.85. The summed E-state index contributed by atoms with van der Waals surface area (Å²) in [6, 6.07) is 5.97. The molecule has 1 saturated heterocycles. The second-order valence-electron chi connectivity index (χ2n) is 5.27. The number of piperidine rings is 1. The Hall–Kier alpha value is -0.840. The first-order valence-electron chi connectivity index (χ1n) is 7.00. The highest BCUT2D eigenvalue weighted by Gasteiger charge is 2.18. The molecule has 2 N–H and O–H groups in total. The number of nitrogens with zero attached hydrogens (tertiary/aromatic N) is 1. The number of benzene rings is 1. The maximum absolute atomic E-state index is 6.00. The average molecular weight is 313 g/mol. The molecule has 5 heteroatoms. The second kappa shape index (κ2) is 7.25. The van der Waals surface area contributed by atoms with Crippen molar-refractivity contribution >= 4 is 28.8 Å². The zero-order valence-electron chi connectivity index (χ0n) is 11.8. The maximum atomic E-state index is 6.00. The van der Waals surface area contributed by atoms with Crippen molar-refractivity contribution in [1.29, 1.82) is 0 Å². The SMILES string of the molecule is CN1CCCCC1CCOc1cc(Cl)ccc1C(N)=S. The minimum atomic E-state index is 0.339. The number of halogens is 1. The Labute approximate surface area is 131 Å². The first-order chi connectivity index (χ1) is 9.58. The molecule has 0 amide bonds. The number of ether oxygens (including phenoxy) is 1. The number of thiocarbonyl (C=S) groups is 1. The zero-order valence-corrected chi connectivity index (χ0v) is 13.3. The molecular weight excluding hydrogens is 292 g/mol. The molecule has 0 saturated carbocycles. The molecule has 1 unspecified atom stereocenters. The predicted molar refractivity (Wildman–Crippen MR) is 87.7 cm³/mol. The zero-order chi connectivity index (χ0) is 14.5. The van der Waals surface area contributed by atoms with Crippen LogP contribution in [0.25, 0.3) is 0 Å². The molecule has 3 nitrogen and oxygen atoms in total. The molecule has 0 aromatic heterocycles. The highest BCUT2D eigenvalue weighted by Crippen LogP contribution is 2.24. The minimum Gasteiger partial charge on any atom is -0.493 e. The van der Waals surface area contributed by atoms with E-state index < -0.39 is 0 Å². The summed E-state index contributed by atoms with van der Waals surface area (Å²) >= 11 is 11.0. The van der Waals surface area contributed by atoms with Gasteiger partial charge in [-0.2, -0.15) is 0 Å². The lowest BCUT2D eigenvalue weighted by Gasteiger charge is -2.32. The maximum Gasteiger partial charge on any atom is 0.130 e. The van der Waals surface area contributed by atoms with Crippen LogP contribution in [0.15, 0.2) is 18.2 Å². The largest absolute Gasteiger partial charge is 0.493 e. The van der Waals surface area contributed by atoms with Gasteiger partial charge in [-0.05, 0) is 51.1 Å². The third-order valence-corrected chi connectivity index (χ3v) is 4.29. The molecule has 1 fully saturated rings. The van der Waals surface area contributed by atoms with E-state index >= 15 is 0 Å². The normalized spacial score (nSPS) is 19.8. The fourth-order valence-electron chi connectivity index (χ4n) is 2.63. The van der Waals surface area contributed by atoms with Crippen LogP contribution in [-0.2, 0) is 0 Å². The van der Waals surface area contributed by atoms with Crippen molar-refractivity contribution in [1.82, 2.24) is 4.90 Å². The third-order valence-electron chi connectivity index (χ3n) is 3.84. The van der Waals surface area contributed by atoms with Crippen molar-refractivity contribution in [3.05, 3.63) is 28.8 Å². The van der Waals surface area contributed by atoms with Gasteiger partial charge in [-0.25, -0.2) is 0 Å². The van der Waals surface area contributed by atoms with Crippen LogP contribution in [0.3, 0.4) is 0 Å². The van der Waals surface area contributed by atoms with Gasteiger partial charge in [0.05, 0.1) is 12.2 Å². The summed E-state index contributed by atoms with van der Waals surface area (Å²) in [7, 11) is 2.18. The van der Waals surface area contributed by atoms with Gasteiger partial charge in [-0.1, -0.05) is 30.2 Å². The molecule has 0 radical (unpaired) electrons. The monoisotopic (exact) mass is 312 g/mol. The molecule has 110 valence electrons. The summed E-state index contributed by atoms with van der Waals surface area (Å²) in [6.45, 7) is 1.84. The fraction of sp³-hybridized carbons (Fsp3) is 0.533. The van der Waals surface area contributed by atoms with Crippen LogP contribution in [0.1, 0.15) is 31.2 Å². The van der Waals surface area contributed by atoms with Crippen LogP contribution in [0.5, 0.6) is 5.75 Å². The van der Waals surface area contributed by atoms with Gasteiger partial charge in [0.25, 0.3) is 0 Å². The van der Waals surface area contributed by atoms with Crippen molar-refractivity contribution in [2.75, 3.05) is 20.2 Å². The van der Waals surface area contributed by atoms with E-state index in [-0.39, 0.29) is 0 Å². The number of hydrogen-bond donors (Lipinski definition) is 1. The lowest BCUT2D eigenvalue weighted by atomic mass is 10.0. The van der Waals surface area contributed by atoms with Crippen LogP contribution in [0.2, 0.25) is 5.02 Å². The molecule has 0 spiro atoms. The van der Waals surface area contributed by atoms with Crippen molar-refractivity contribution in [3.8, 4) is 5.75 Å². The van der Waals surface area contributed by atoms with Gasteiger partial charge in [0.15, 0.2) is 0 Å². The van der Waals surface area contributed by atoms with E-state index in [0.717, 1.165) is 12.0 Å². The smallest absolute Gasteiger partial charge is 0.130 e. The minimum absolute atomic E-state index is 0.339. The molecule has 1 aromatic carbocycles. The van der Waals surface area contributed by atoms with Crippen LogP contribution in [-0.4, -0.2) is 36.1 Å². The third kappa shape index (κ3) is 4.08. The van der Waals surface area contributed by atoms with E-state index in [1.54, 1.807) is 12.1 Å². The number of likely N-dealkylation sites (tertiary alicyclic amines) is 1. The molecule has 0 aliphatic carbocycles. The molecule has 2 rings (SSSR count). The molecular formula is C15H21ClN2OS. The Balaban J connectivity index is 1.93. The van der Waals surface area contributed by atoms with E-state index in [1.165, 1.54) is 25.8 Å². The van der Waals surface area contributed by atoms with Crippen molar-refractivity contribution < 1.29 is 4.74 Å². The average Bonchev–Trinajstić information content (AvgIpc) is 2.41. The number of rotatable bonds is 5. The van der Waals surface area contributed by atoms with Gasteiger partial charge in [0.2, 0.25) is 0 Å². The first kappa shape index (κ1) is 15.5. The second-order valence-corrected chi connectivity index (χ2v) is 6.15. The Kier molecular flexibility index (Phi) is 5.64. The van der Waals surface area contributed by atoms with Gasteiger partial charge in [0, 0.05) is 11.1 Å². The van der Waals surface area contributed by atoms with Crippen molar-refractivity contribution in [2.45, 2.75) is 31.7 Å². The Morgan fingerprint density at radius 1 is 1.50 bits per heavy atom. The highest BCUT2D eigenvalue weighted by atomic mass is 35.5. The number of nitrogens with two attached hydrogens (primary N) is 1. The summed E-state index contributed by atoms with van der Waals surface area (Å²) in [4.78, 5) is 2.76. The van der Waals surface area contributed by atoms with E-state index in [9.17, 15) is 0 Å². The molecule has 20 heavy (non-hydrogen) atoms. The van der Waals surface area contributed by atoms with E-state index in [1.807, 2.05) is 6.07 Å². The Morgan fingerprint density at radius 3 is 3.00 bits per heavy atom. The summed E-state index contributed by atoms with van der Waals surface area (Å²) in [5.41, 5.74) is 6.45. The lowest BCUT2D eigenvalue weighted by molar-refractivity contribution is 0.153. The fourth-order valence-corrected chi connectivity index (χ4v) is 2.96. The van der Waals surface area contributed by atoms with Crippen molar-refractivity contribution in [2.24, 2.45) is 5.73 Å². The van der Waals surface area contributed by atoms with E-state index in [2.05, 4.69) is 11.9 Å². The van der Waals surface area contributed by atoms with Gasteiger partial charge >= 0.3 is 0 Å². The van der Waals surface area contributed by atoms with Crippen LogP contribution in [0.4, 0.5) is 0 Å². The van der Waals surface area contributed by atoms with Gasteiger partial charge in [-0.3, -0.25) is 0 Å². The molecule has 1 aromatic rings. The van der Waals surface area contributed by atoms with E-state index in [4.69, 9.17) is 34.3 Å². The first-order valence-corrected chi connectivity index (χ1v) is 7.79. The molecule has 1 aliphatic heterocycles. The topological polar surface area (TPSA) is 38.5 Å². The summed E-state index contributed by atoms with van der Waals surface area (Å²) in [6.07, 6.45) is 4.87. The Bertz CT molecular complexity index is 481. The molecule has 1 atom stereocenters. The molecule has 1 heterocycles. The standard InChI is InChI=1S/C15H21ClN2OS/c1-18-8-3-2-4-12(18)7-9-19-14-10-11(16)5-6-13(14)15(17)20/h5-6,10,12H,2-4,7-9H2,1H3,(H2,17,20). The molecule has 1 aliphatic rings. The van der Waals surface area contributed by atoms with Crippen LogP contribution >= 0.6 is 23.8 Å². The lowest BCUT2D eigenvalue weighted by Crippen LogP contribution is -2.37.